The highest BCUT2D eigenvalue weighted by Crippen LogP contribution is 2.28. The van der Waals surface area contributed by atoms with Crippen LogP contribution in [-0.4, -0.2) is 21.9 Å². The van der Waals surface area contributed by atoms with Gasteiger partial charge in [0.05, 0.1) is 7.11 Å². The van der Waals surface area contributed by atoms with Crippen LogP contribution in [0.2, 0.25) is 0 Å². The summed E-state index contributed by atoms with van der Waals surface area (Å²) < 4.78 is 13.5. The second-order valence-electron chi connectivity index (χ2n) is 6.25. The number of para-hydroxylation sites is 1. The van der Waals surface area contributed by atoms with E-state index in [1.165, 1.54) is 5.56 Å². The van der Waals surface area contributed by atoms with Crippen molar-refractivity contribution in [2.24, 2.45) is 0 Å². The van der Waals surface area contributed by atoms with Gasteiger partial charge in [-0.2, -0.15) is 0 Å². The van der Waals surface area contributed by atoms with Gasteiger partial charge in [-0.3, -0.25) is 0 Å². The number of rotatable bonds is 8. The van der Waals surface area contributed by atoms with Gasteiger partial charge in [-0.1, -0.05) is 42.1 Å². The number of hydrogen-bond acceptors (Lipinski definition) is 5. The average molecular weight is 384 g/mol. The van der Waals surface area contributed by atoms with Crippen molar-refractivity contribution in [3.05, 3.63) is 65.5 Å². The van der Waals surface area contributed by atoms with Gasteiger partial charge in [0.25, 0.3) is 0 Å². The molecule has 0 radical (unpaired) electrons. The van der Waals surface area contributed by atoms with Crippen LogP contribution in [0.3, 0.4) is 0 Å². The van der Waals surface area contributed by atoms with Crippen molar-refractivity contribution in [2.75, 3.05) is 7.11 Å². The Morgan fingerprint density at radius 1 is 1.11 bits per heavy atom. The van der Waals surface area contributed by atoms with E-state index in [1.807, 2.05) is 56.3 Å². The van der Waals surface area contributed by atoms with E-state index in [9.17, 15) is 0 Å². The summed E-state index contributed by atoms with van der Waals surface area (Å²) in [5.74, 6) is 3.39. The lowest BCUT2D eigenvalue weighted by molar-refractivity contribution is 0.208. The minimum absolute atomic E-state index is 0.176. The molecule has 3 aromatic rings. The van der Waals surface area contributed by atoms with Crippen molar-refractivity contribution in [3.63, 3.8) is 0 Å². The third-order valence-electron chi connectivity index (χ3n) is 4.32. The fourth-order valence-corrected chi connectivity index (χ4v) is 3.80. The number of aryl methyl sites for hydroxylation is 1. The molecule has 1 unspecified atom stereocenters. The molecule has 1 aromatic heterocycles. The molecule has 0 N–H and O–H groups in total. The Kier molecular flexibility index (Phi) is 6.40. The molecule has 0 aliphatic heterocycles. The van der Waals surface area contributed by atoms with E-state index < -0.39 is 0 Å². The van der Waals surface area contributed by atoms with Crippen LogP contribution in [0.25, 0.3) is 0 Å². The molecule has 0 amide bonds. The van der Waals surface area contributed by atoms with Gasteiger partial charge >= 0.3 is 0 Å². The zero-order valence-electron chi connectivity index (χ0n) is 16.2. The Balaban J connectivity index is 1.73. The van der Waals surface area contributed by atoms with Crippen LogP contribution in [-0.2, 0) is 12.3 Å². The normalized spacial score (nSPS) is 12.0. The van der Waals surface area contributed by atoms with Gasteiger partial charge in [0, 0.05) is 12.3 Å². The van der Waals surface area contributed by atoms with Crippen LogP contribution in [0.5, 0.6) is 11.5 Å². The van der Waals surface area contributed by atoms with Gasteiger partial charge in [-0.25, -0.2) is 0 Å². The van der Waals surface area contributed by atoms with Crippen molar-refractivity contribution < 1.29 is 9.47 Å². The molecule has 0 saturated heterocycles. The summed E-state index contributed by atoms with van der Waals surface area (Å²) in [4.78, 5) is 0. The van der Waals surface area contributed by atoms with Crippen molar-refractivity contribution in [3.8, 4) is 11.5 Å². The number of hydrogen-bond donors (Lipinski definition) is 0. The number of aromatic nitrogens is 3. The number of nitrogens with zero attached hydrogens (tertiary/aromatic N) is 3. The zero-order chi connectivity index (χ0) is 19.2. The molecule has 0 bridgehead atoms. The smallest absolute Gasteiger partial charge is 0.191 e. The summed E-state index contributed by atoms with van der Waals surface area (Å²) in [6, 6.07) is 16.1. The maximum Gasteiger partial charge on any atom is 0.191 e. The molecule has 27 heavy (non-hydrogen) atoms. The molecule has 2 aromatic carbocycles. The number of thioether (sulfide) groups is 1. The SMILES string of the molecule is CCn1c(SCc2cccc(OC)c2)nnc1C(C)Oc1ccccc1C. The van der Waals surface area contributed by atoms with E-state index in [4.69, 9.17) is 9.47 Å². The minimum Gasteiger partial charge on any atom is -0.497 e. The molecule has 1 heterocycles. The Bertz CT molecular complexity index is 895. The molecule has 6 heteroatoms. The van der Waals surface area contributed by atoms with E-state index in [1.54, 1.807) is 18.9 Å². The van der Waals surface area contributed by atoms with Crippen LogP contribution in [0, 0.1) is 6.92 Å². The van der Waals surface area contributed by atoms with Gasteiger partial charge in [0.1, 0.15) is 11.5 Å². The first-order valence-corrected chi connectivity index (χ1v) is 10.0. The maximum atomic E-state index is 6.13. The summed E-state index contributed by atoms with van der Waals surface area (Å²) in [6.45, 7) is 6.95. The molecule has 0 spiro atoms. The fourth-order valence-electron chi connectivity index (χ4n) is 2.85. The van der Waals surface area contributed by atoms with Crippen LogP contribution >= 0.6 is 11.8 Å². The third kappa shape index (κ3) is 4.63. The molecule has 0 aliphatic carbocycles. The molecule has 3 rings (SSSR count). The Hall–Kier alpha value is -2.47. The lowest BCUT2D eigenvalue weighted by atomic mass is 10.2. The standard InChI is InChI=1S/C21H25N3O2S/c1-5-24-20(16(3)26-19-12-7-6-9-15(19)2)22-23-21(24)27-14-17-10-8-11-18(13-17)25-4/h6-13,16H,5,14H2,1-4H3. The van der Waals surface area contributed by atoms with E-state index in [2.05, 4.69) is 27.8 Å². The lowest BCUT2D eigenvalue weighted by Gasteiger charge is -2.17. The summed E-state index contributed by atoms with van der Waals surface area (Å²) in [5, 5.41) is 9.69. The van der Waals surface area contributed by atoms with Gasteiger partial charge in [-0.15, -0.1) is 10.2 Å². The molecule has 0 fully saturated rings. The monoisotopic (exact) mass is 383 g/mol. The van der Waals surface area contributed by atoms with E-state index >= 15 is 0 Å². The van der Waals surface area contributed by atoms with Crippen molar-refractivity contribution in [1.29, 1.82) is 0 Å². The number of methoxy groups -OCH3 is 1. The lowest BCUT2D eigenvalue weighted by Crippen LogP contribution is -2.12. The van der Waals surface area contributed by atoms with Crippen molar-refractivity contribution in [1.82, 2.24) is 14.8 Å². The predicted octanol–water partition coefficient (Wildman–Crippen LogP) is 5.05. The first-order chi connectivity index (χ1) is 13.1. The highest BCUT2D eigenvalue weighted by Gasteiger charge is 2.19. The van der Waals surface area contributed by atoms with E-state index in [-0.39, 0.29) is 6.10 Å². The van der Waals surface area contributed by atoms with Crippen LogP contribution in [0.4, 0.5) is 0 Å². The Morgan fingerprint density at radius 3 is 2.67 bits per heavy atom. The average Bonchev–Trinajstić information content (AvgIpc) is 3.11. The summed E-state index contributed by atoms with van der Waals surface area (Å²) in [6.07, 6.45) is -0.176. The number of benzene rings is 2. The second kappa shape index (κ2) is 8.95. The van der Waals surface area contributed by atoms with Gasteiger partial charge in [0.15, 0.2) is 17.1 Å². The minimum atomic E-state index is -0.176. The van der Waals surface area contributed by atoms with Crippen LogP contribution in [0.1, 0.15) is 36.9 Å². The predicted molar refractivity (Wildman–Crippen MR) is 108 cm³/mol. The molecule has 5 nitrogen and oxygen atoms in total. The molecule has 0 saturated carbocycles. The number of ether oxygens (including phenoxy) is 2. The Labute approximate surface area is 164 Å². The fraction of sp³-hybridized carbons (Fsp3) is 0.333. The Morgan fingerprint density at radius 2 is 1.93 bits per heavy atom. The summed E-state index contributed by atoms with van der Waals surface area (Å²) in [7, 11) is 1.68. The molecule has 0 aliphatic rings. The first-order valence-electron chi connectivity index (χ1n) is 9.03. The second-order valence-corrected chi connectivity index (χ2v) is 7.19. The van der Waals surface area contributed by atoms with E-state index in [0.29, 0.717) is 0 Å². The van der Waals surface area contributed by atoms with Gasteiger partial charge in [-0.05, 0) is 50.1 Å². The summed E-state index contributed by atoms with van der Waals surface area (Å²) in [5.41, 5.74) is 2.30. The van der Waals surface area contributed by atoms with Crippen LogP contribution < -0.4 is 9.47 Å². The van der Waals surface area contributed by atoms with Crippen molar-refractivity contribution >= 4 is 11.8 Å². The third-order valence-corrected chi connectivity index (χ3v) is 5.36. The molecule has 142 valence electrons. The van der Waals surface area contributed by atoms with Gasteiger partial charge < -0.3 is 14.0 Å². The maximum absolute atomic E-state index is 6.13. The largest absolute Gasteiger partial charge is 0.497 e. The van der Waals surface area contributed by atoms with Crippen LogP contribution in [0.15, 0.2) is 53.7 Å². The van der Waals surface area contributed by atoms with Gasteiger partial charge in [0.2, 0.25) is 0 Å². The molecular formula is C21H25N3O2S. The van der Waals surface area contributed by atoms with Crippen molar-refractivity contribution in [2.45, 2.75) is 44.3 Å². The topological polar surface area (TPSA) is 49.2 Å². The molecular weight excluding hydrogens is 358 g/mol. The summed E-state index contributed by atoms with van der Waals surface area (Å²) >= 11 is 1.67. The van der Waals surface area contributed by atoms with E-state index in [0.717, 1.165) is 40.3 Å². The highest BCUT2D eigenvalue weighted by atomic mass is 32.2. The first kappa shape index (κ1) is 19.3. The highest BCUT2D eigenvalue weighted by molar-refractivity contribution is 7.98. The zero-order valence-corrected chi connectivity index (χ0v) is 17.0. The molecule has 1 atom stereocenters. The quantitative estimate of drug-likeness (QED) is 0.510.